The number of ether oxygens (including phenoxy) is 1. The number of hydrogen-bond donors (Lipinski definition) is 0. The van der Waals surface area contributed by atoms with Gasteiger partial charge in [-0.15, -0.1) is 0 Å². The summed E-state index contributed by atoms with van der Waals surface area (Å²) >= 11 is 0. The van der Waals surface area contributed by atoms with Gasteiger partial charge >= 0.3 is 0 Å². The molecule has 0 saturated carbocycles. The Bertz CT molecular complexity index is 2670. The maximum Gasteiger partial charge on any atom is 0.216 e. The highest BCUT2D eigenvalue weighted by atomic mass is 16.5. The Kier molecular flexibility index (Phi) is 8.87. The second-order valence-electron chi connectivity index (χ2n) is 18.2. The van der Waals surface area contributed by atoms with Crippen molar-refractivity contribution in [3.63, 3.8) is 0 Å². The van der Waals surface area contributed by atoms with Crippen molar-refractivity contribution in [2.45, 2.75) is 79.2 Å². The van der Waals surface area contributed by atoms with Gasteiger partial charge in [0.2, 0.25) is 5.90 Å². The first-order valence-corrected chi connectivity index (χ1v) is 20.5. The predicted molar refractivity (Wildman–Crippen MR) is 237 cm³/mol. The van der Waals surface area contributed by atoms with Crippen LogP contribution in [0.3, 0.4) is 0 Å². The van der Waals surface area contributed by atoms with E-state index in [2.05, 4.69) is 175 Å². The number of hydrogen-bond acceptors (Lipinski definition) is 5. The number of aliphatic imine (C=N–C) groups is 1. The van der Waals surface area contributed by atoms with Gasteiger partial charge in [-0.3, -0.25) is 9.55 Å². The molecule has 0 saturated heterocycles. The van der Waals surface area contributed by atoms with E-state index >= 15 is 0 Å². The quantitative estimate of drug-likeness (QED) is 0.163. The summed E-state index contributed by atoms with van der Waals surface area (Å²) in [6.07, 6.45) is 3.82. The van der Waals surface area contributed by atoms with Crippen LogP contribution < -0.4 is 4.90 Å². The van der Waals surface area contributed by atoms with Gasteiger partial charge in [-0.1, -0.05) is 105 Å². The summed E-state index contributed by atoms with van der Waals surface area (Å²) in [6.45, 7) is 21.3. The van der Waals surface area contributed by atoms with Crippen molar-refractivity contribution in [2.24, 2.45) is 22.7 Å². The molecular formula is C51H53N5O. The lowest BCUT2D eigenvalue weighted by atomic mass is 9.73. The summed E-state index contributed by atoms with van der Waals surface area (Å²) in [7, 11) is 0. The average molecular weight is 752 g/mol. The van der Waals surface area contributed by atoms with Crippen molar-refractivity contribution in [1.29, 1.82) is 0 Å². The molecule has 2 aliphatic rings. The van der Waals surface area contributed by atoms with Crippen molar-refractivity contribution in [3.8, 4) is 17.1 Å². The monoisotopic (exact) mass is 751 g/mol. The van der Waals surface area contributed by atoms with Crippen LogP contribution in [0.4, 0.5) is 17.1 Å². The van der Waals surface area contributed by atoms with Gasteiger partial charge in [0.15, 0.2) is 0 Å². The zero-order chi connectivity index (χ0) is 39.8. The van der Waals surface area contributed by atoms with Gasteiger partial charge in [0, 0.05) is 45.4 Å². The number of para-hydroxylation sites is 2. The van der Waals surface area contributed by atoms with E-state index in [0.29, 0.717) is 30.3 Å². The summed E-state index contributed by atoms with van der Waals surface area (Å²) in [4.78, 5) is 17.6. The van der Waals surface area contributed by atoms with E-state index in [9.17, 15) is 0 Å². The molecule has 5 heterocycles. The number of fused-ring (bicyclic) bond motifs is 5. The van der Waals surface area contributed by atoms with Gasteiger partial charge < -0.3 is 9.64 Å². The maximum atomic E-state index is 6.53. The normalized spacial score (nSPS) is 16.4. The predicted octanol–water partition coefficient (Wildman–Crippen LogP) is 12.7. The summed E-state index contributed by atoms with van der Waals surface area (Å²) in [5.41, 5.74) is 12.0. The van der Waals surface area contributed by atoms with Crippen molar-refractivity contribution in [2.75, 3.05) is 11.5 Å². The molecule has 3 aromatic heterocycles. The third kappa shape index (κ3) is 6.21. The third-order valence-electron chi connectivity index (χ3n) is 12.4. The van der Waals surface area contributed by atoms with Crippen LogP contribution in [0.2, 0.25) is 0 Å². The Morgan fingerprint density at radius 3 is 2.18 bits per heavy atom. The van der Waals surface area contributed by atoms with Gasteiger partial charge in [0.1, 0.15) is 12.4 Å². The van der Waals surface area contributed by atoms with Crippen LogP contribution >= 0.6 is 0 Å². The highest BCUT2D eigenvalue weighted by Gasteiger charge is 2.39. The molecule has 0 radical (unpaired) electrons. The molecular weight excluding hydrogens is 699 g/mol. The zero-order valence-corrected chi connectivity index (χ0v) is 34.7. The van der Waals surface area contributed by atoms with Crippen LogP contribution in [0, 0.1) is 17.8 Å². The number of anilines is 3. The van der Waals surface area contributed by atoms with Gasteiger partial charge in [-0.2, -0.15) is 0 Å². The van der Waals surface area contributed by atoms with Crippen LogP contribution in [0.1, 0.15) is 84.6 Å². The summed E-state index contributed by atoms with van der Waals surface area (Å²) in [5.74, 6) is 3.05. The van der Waals surface area contributed by atoms with E-state index in [1.807, 2.05) is 18.5 Å². The van der Waals surface area contributed by atoms with E-state index < -0.39 is 0 Å². The Hall–Kier alpha value is -5.75. The molecule has 288 valence electrons. The standard InChI is InChI=1S/C51H53N5O/c1-31(2)48(32(3)4)42-30-57-49(54-42)34-24-33(41-18-14-15-22-52-41)25-36(26-34)55-44-20-13-11-17-39(44)51(8,9)40-28-38-37-16-10-12-19-43(37)56(45(38)29-46(40)55)47-27-35(21-23-53-47)50(5,6)7/h10-29,31-32,42,48H,30H2,1-9H3/t42-/m0/s1. The van der Waals surface area contributed by atoms with Crippen molar-refractivity contribution in [3.05, 3.63) is 144 Å². The second kappa shape index (κ2) is 13.7. The lowest BCUT2D eigenvalue weighted by molar-refractivity contribution is 0.198. The first kappa shape index (κ1) is 36.9. The van der Waals surface area contributed by atoms with Gasteiger partial charge in [0.05, 0.1) is 34.1 Å². The molecule has 1 atom stereocenters. The molecule has 9 rings (SSSR count). The largest absolute Gasteiger partial charge is 0.475 e. The summed E-state index contributed by atoms with van der Waals surface area (Å²) < 4.78 is 8.88. The Morgan fingerprint density at radius 1 is 0.684 bits per heavy atom. The van der Waals surface area contributed by atoms with Crippen LogP contribution in [0.5, 0.6) is 0 Å². The molecule has 57 heavy (non-hydrogen) atoms. The number of rotatable bonds is 7. The first-order valence-electron chi connectivity index (χ1n) is 20.5. The molecule has 6 nitrogen and oxygen atoms in total. The number of aromatic nitrogens is 3. The molecule has 0 unspecified atom stereocenters. The van der Waals surface area contributed by atoms with Gasteiger partial charge in [-0.25, -0.2) is 9.98 Å². The Labute approximate surface area is 337 Å². The lowest BCUT2D eigenvalue weighted by Crippen LogP contribution is -2.30. The smallest absolute Gasteiger partial charge is 0.216 e. The van der Waals surface area contributed by atoms with E-state index in [1.165, 1.54) is 27.5 Å². The number of nitrogens with zero attached hydrogens (tertiary/aromatic N) is 5. The SMILES string of the molecule is CC(C)C(C(C)C)[C@@H]1COC(c2cc(-c3ccccn3)cc(N3c4ccccc4C(C)(C)c4cc5c6ccccc6n(-c6cc(C(C)(C)C)ccn6)c5cc43)c2)=N1. The fourth-order valence-electron chi connectivity index (χ4n) is 9.64. The fourth-order valence-corrected chi connectivity index (χ4v) is 9.64. The Balaban J connectivity index is 1.31. The number of benzene rings is 4. The maximum absolute atomic E-state index is 6.53. The first-order chi connectivity index (χ1) is 27.3. The molecule has 0 amide bonds. The minimum Gasteiger partial charge on any atom is -0.475 e. The third-order valence-corrected chi connectivity index (χ3v) is 12.4. The number of pyridine rings is 2. The van der Waals surface area contributed by atoms with Crippen LogP contribution in [-0.4, -0.2) is 33.1 Å². The van der Waals surface area contributed by atoms with Gasteiger partial charge in [0.25, 0.3) is 0 Å². The Morgan fingerprint density at radius 2 is 1.42 bits per heavy atom. The minimum atomic E-state index is -0.278. The van der Waals surface area contributed by atoms with E-state index in [-0.39, 0.29) is 16.9 Å². The summed E-state index contributed by atoms with van der Waals surface area (Å²) in [5, 5.41) is 2.43. The highest BCUT2D eigenvalue weighted by Crippen LogP contribution is 2.54. The molecule has 7 aromatic rings. The highest BCUT2D eigenvalue weighted by molar-refractivity contribution is 6.11. The topological polar surface area (TPSA) is 55.5 Å². The molecule has 0 bridgehead atoms. The molecule has 6 heteroatoms. The molecule has 2 aliphatic heterocycles. The van der Waals surface area contributed by atoms with Crippen LogP contribution in [0.25, 0.3) is 38.9 Å². The molecule has 0 N–H and O–H groups in total. The van der Waals surface area contributed by atoms with E-state index in [1.54, 1.807) is 0 Å². The second-order valence-corrected chi connectivity index (χ2v) is 18.2. The van der Waals surface area contributed by atoms with Gasteiger partial charge in [-0.05, 0) is 107 Å². The molecule has 0 fully saturated rings. The minimum absolute atomic E-state index is 0.0195. The zero-order valence-electron chi connectivity index (χ0n) is 34.7. The van der Waals surface area contributed by atoms with Crippen molar-refractivity contribution < 1.29 is 4.74 Å². The van der Waals surface area contributed by atoms with Crippen LogP contribution in [0.15, 0.2) is 127 Å². The van der Waals surface area contributed by atoms with E-state index in [0.717, 1.165) is 50.7 Å². The fraction of sp³-hybridized carbons (Fsp3) is 0.314. The average Bonchev–Trinajstić information content (AvgIpc) is 3.80. The molecule has 0 aliphatic carbocycles. The molecule has 0 spiro atoms. The lowest BCUT2D eigenvalue weighted by Gasteiger charge is -2.42. The van der Waals surface area contributed by atoms with Crippen molar-refractivity contribution in [1.82, 2.24) is 14.5 Å². The summed E-state index contributed by atoms with van der Waals surface area (Å²) in [6, 6.07) is 39.8. The van der Waals surface area contributed by atoms with Crippen LogP contribution in [-0.2, 0) is 15.6 Å². The molecule has 4 aromatic carbocycles. The van der Waals surface area contributed by atoms with E-state index in [4.69, 9.17) is 19.7 Å². The van der Waals surface area contributed by atoms with Crippen molar-refractivity contribution >= 4 is 44.8 Å².